The van der Waals surface area contributed by atoms with Crippen LogP contribution in [0.4, 0.5) is 5.69 Å². The van der Waals surface area contributed by atoms with Crippen LogP contribution in [0, 0.1) is 10.1 Å². The predicted molar refractivity (Wildman–Crippen MR) is 107 cm³/mol. The molecule has 1 heterocycles. The normalized spacial score (nSPS) is 11.2. The van der Waals surface area contributed by atoms with Gasteiger partial charge in [0, 0.05) is 18.3 Å². The van der Waals surface area contributed by atoms with E-state index in [2.05, 4.69) is 15.6 Å². The van der Waals surface area contributed by atoms with Gasteiger partial charge in [-0.15, -0.1) is 0 Å². The number of carbonyl (C=O) groups is 1. The molecule has 0 bridgehead atoms. The molecule has 0 saturated heterocycles. The summed E-state index contributed by atoms with van der Waals surface area (Å²) in [5.74, 6) is 0.310. The van der Waals surface area contributed by atoms with Gasteiger partial charge in [-0.25, -0.2) is 5.43 Å². The number of ether oxygens (including phenoxy) is 1. The van der Waals surface area contributed by atoms with E-state index in [9.17, 15) is 14.9 Å². The smallest absolute Gasteiger partial charge is 0.291 e. The molecule has 0 aliphatic rings. The Morgan fingerprint density at radius 3 is 2.48 bits per heavy atom. The lowest BCUT2D eigenvalue weighted by atomic mass is 10.1. The van der Waals surface area contributed by atoms with E-state index in [0.29, 0.717) is 12.3 Å². The molecule has 0 saturated carbocycles. The van der Waals surface area contributed by atoms with Crippen LogP contribution < -0.4 is 10.2 Å². The van der Waals surface area contributed by atoms with Crippen molar-refractivity contribution in [2.75, 3.05) is 7.11 Å². The molecule has 0 atom stereocenters. The number of nitro benzene ring substituents is 1. The van der Waals surface area contributed by atoms with E-state index in [1.165, 1.54) is 12.1 Å². The molecule has 0 fully saturated rings. The standard InChI is InChI=1S/C20H19N5O4/c1-14(16-5-9-18(29-2)10-6-16)21-22-20(26)19-11-12-24(23-19)13-15-3-7-17(8-4-15)25(27)28/h3-12H,13H2,1-2H3,(H,22,26)/b21-14-. The molecule has 0 spiro atoms. The van der Waals surface area contributed by atoms with Crippen LogP contribution >= 0.6 is 0 Å². The monoisotopic (exact) mass is 393 g/mol. The summed E-state index contributed by atoms with van der Waals surface area (Å²) >= 11 is 0. The maximum Gasteiger partial charge on any atom is 0.291 e. The van der Waals surface area contributed by atoms with Gasteiger partial charge in [-0.3, -0.25) is 19.6 Å². The number of hydrogen-bond acceptors (Lipinski definition) is 6. The third-order valence-corrected chi connectivity index (χ3v) is 4.20. The molecule has 2 aromatic carbocycles. The molecule has 0 unspecified atom stereocenters. The van der Waals surface area contributed by atoms with Gasteiger partial charge in [-0.1, -0.05) is 12.1 Å². The molecule has 29 heavy (non-hydrogen) atoms. The van der Waals surface area contributed by atoms with Crippen molar-refractivity contribution in [1.29, 1.82) is 0 Å². The minimum atomic E-state index is -0.450. The van der Waals surface area contributed by atoms with Gasteiger partial charge in [-0.05, 0) is 48.4 Å². The molecule has 0 aliphatic heterocycles. The van der Waals surface area contributed by atoms with Crippen molar-refractivity contribution in [2.45, 2.75) is 13.5 Å². The van der Waals surface area contributed by atoms with Crippen LogP contribution in [0.1, 0.15) is 28.5 Å². The Labute approximate surface area is 166 Å². The predicted octanol–water partition coefficient (Wildman–Crippen LogP) is 3.00. The van der Waals surface area contributed by atoms with E-state index in [-0.39, 0.29) is 11.4 Å². The number of rotatable bonds is 7. The van der Waals surface area contributed by atoms with Crippen LogP contribution in [-0.2, 0) is 6.54 Å². The average molecular weight is 393 g/mol. The molecule has 148 valence electrons. The fourth-order valence-electron chi connectivity index (χ4n) is 2.57. The zero-order valence-corrected chi connectivity index (χ0v) is 15.9. The van der Waals surface area contributed by atoms with Crippen LogP contribution in [0.5, 0.6) is 5.75 Å². The van der Waals surface area contributed by atoms with Gasteiger partial charge in [-0.2, -0.15) is 10.2 Å². The molecule has 3 rings (SSSR count). The van der Waals surface area contributed by atoms with Crippen molar-refractivity contribution < 1.29 is 14.5 Å². The van der Waals surface area contributed by atoms with Gasteiger partial charge in [0.15, 0.2) is 5.69 Å². The van der Waals surface area contributed by atoms with Gasteiger partial charge in [0.2, 0.25) is 0 Å². The van der Waals surface area contributed by atoms with Crippen LogP contribution in [0.3, 0.4) is 0 Å². The number of methoxy groups -OCH3 is 1. The third kappa shape index (κ3) is 5.04. The van der Waals surface area contributed by atoms with Crippen LogP contribution in [0.15, 0.2) is 65.9 Å². The number of hydrogen-bond donors (Lipinski definition) is 1. The maximum absolute atomic E-state index is 12.3. The Kier molecular flexibility index (Phi) is 5.98. The first-order valence-electron chi connectivity index (χ1n) is 8.72. The van der Waals surface area contributed by atoms with Crippen molar-refractivity contribution in [3.63, 3.8) is 0 Å². The molecular weight excluding hydrogens is 374 g/mol. The van der Waals surface area contributed by atoms with Gasteiger partial charge in [0.25, 0.3) is 11.6 Å². The summed E-state index contributed by atoms with van der Waals surface area (Å²) in [4.78, 5) is 22.5. The number of amides is 1. The number of carbonyl (C=O) groups excluding carboxylic acids is 1. The molecular formula is C20H19N5O4. The fourth-order valence-corrected chi connectivity index (χ4v) is 2.57. The van der Waals surface area contributed by atoms with E-state index in [1.54, 1.807) is 43.1 Å². The number of nitro groups is 1. The summed E-state index contributed by atoms with van der Waals surface area (Å²) in [7, 11) is 1.59. The van der Waals surface area contributed by atoms with Gasteiger partial charge < -0.3 is 4.74 Å². The topological polar surface area (TPSA) is 112 Å². The van der Waals surface area contributed by atoms with Gasteiger partial charge in [0.1, 0.15) is 5.75 Å². The quantitative estimate of drug-likeness (QED) is 0.377. The molecule has 9 heteroatoms. The first kappa shape index (κ1) is 19.7. The zero-order valence-electron chi connectivity index (χ0n) is 15.9. The minimum absolute atomic E-state index is 0.0272. The highest BCUT2D eigenvalue weighted by Gasteiger charge is 2.10. The van der Waals surface area contributed by atoms with E-state index >= 15 is 0 Å². The molecule has 9 nitrogen and oxygen atoms in total. The van der Waals surface area contributed by atoms with Gasteiger partial charge in [0.05, 0.1) is 24.3 Å². The third-order valence-electron chi connectivity index (χ3n) is 4.20. The average Bonchev–Trinajstić information content (AvgIpc) is 3.20. The molecule has 0 aliphatic carbocycles. The second-order valence-corrected chi connectivity index (χ2v) is 6.19. The second-order valence-electron chi connectivity index (χ2n) is 6.19. The molecule has 1 aromatic heterocycles. The summed E-state index contributed by atoms with van der Waals surface area (Å²) in [6, 6.07) is 15.1. The van der Waals surface area contributed by atoms with E-state index in [4.69, 9.17) is 4.74 Å². The van der Waals surface area contributed by atoms with Crippen LogP contribution in [0.2, 0.25) is 0 Å². The Balaban J connectivity index is 1.61. The molecule has 0 radical (unpaired) electrons. The Hall–Kier alpha value is -4.01. The Bertz CT molecular complexity index is 1040. The van der Waals surface area contributed by atoms with Gasteiger partial charge >= 0.3 is 0 Å². The number of hydrazone groups is 1. The fraction of sp³-hybridized carbons (Fsp3) is 0.150. The highest BCUT2D eigenvalue weighted by Crippen LogP contribution is 2.13. The molecule has 1 N–H and O–H groups in total. The van der Waals surface area contributed by atoms with E-state index < -0.39 is 10.8 Å². The first-order valence-corrected chi connectivity index (χ1v) is 8.72. The van der Waals surface area contributed by atoms with Crippen molar-refractivity contribution >= 4 is 17.3 Å². The number of benzene rings is 2. The highest BCUT2D eigenvalue weighted by atomic mass is 16.6. The first-order chi connectivity index (χ1) is 14.0. The Morgan fingerprint density at radius 1 is 1.17 bits per heavy atom. The molecule has 3 aromatic rings. The minimum Gasteiger partial charge on any atom is -0.497 e. The number of aromatic nitrogens is 2. The van der Waals surface area contributed by atoms with Crippen molar-refractivity contribution in [2.24, 2.45) is 5.10 Å². The second kappa shape index (κ2) is 8.79. The van der Waals surface area contributed by atoms with E-state index in [0.717, 1.165) is 16.9 Å². The summed E-state index contributed by atoms with van der Waals surface area (Å²) in [6.45, 7) is 2.18. The maximum atomic E-state index is 12.3. The van der Waals surface area contributed by atoms with Crippen molar-refractivity contribution in [1.82, 2.24) is 15.2 Å². The Morgan fingerprint density at radius 2 is 1.86 bits per heavy atom. The zero-order chi connectivity index (χ0) is 20.8. The van der Waals surface area contributed by atoms with Crippen molar-refractivity contribution in [3.05, 3.63) is 87.7 Å². The lowest BCUT2D eigenvalue weighted by molar-refractivity contribution is -0.384. The SMILES string of the molecule is COc1ccc(/C(C)=N\NC(=O)c2ccn(Cc3ccc([N+](=O)[O-])cc3)n2)cc1. The summed E-state index contributed by atoms with van der Waals surface area (Å²) in [6.07, 6.45) is 1.66. The largest absolute Gasteiger partial charge is 0.497 e. The van der Waals surface area contributed by atoms with E-state index in [1.807, 2.05) is 24.3 Å². The number of nitrogens with one attached hydrogen (secondary N) is 1. The number of non-ortho nitro benzene ring substituents is 1. The summed E-state index contributed by atoms with van der Waals surface area (Å²) in [5.41, 5.74) is 5.07. The number of nitrogens with zero attached hydrogens (tertiary/aromatic N) is 4. The highest BCUT2D eigenvalue weighted by molar-refractivity contribution is 6.00. The van der Waals surface area contributed by atoms with Crippen molar-refractivity contribution in [3.8, 4) is 5.75 Å². The van der Waals surface area contributed by atoms with Crippen LogP contribution in [-0.4, -0.2) is 33.4 Å². The van der Waals surface area contributed by atoms with Crippen LogP contribution in [0.25, 0.3) is 0 Å². The molecule has 1 amide bonds. The summed E-state index contributed by atoms with van der Waals surface area (Å²) < 4.78 is 6.70. The lowest BCUT2D eigenvalue weighted by Gasteiger charge is -2.04. The summed E-state index contributed by atoms with van der Waals surface area (Å²) in [5, 5.41) is 19.0. The lowest BCUT2D eigenvalue weighted by Crippen LogP contribution is -2.20.